The zero-order valence-corrected chi connectivity index (χ0v) is 20.9. The van der Waals surface area contributed by atoms with Gasteiger partial charge in [-0.1, -0.05) is 18.2 Å². The van der Waals surface area contributed by atoms with Gasteiger partial charge in [0.2, 0.25) is 0 Å². The Morgan fingerprint density at radius 1 is 1.00 bits per heavy atom. The maximum atomic E-state index is 10.8. The fraction of sp³-hybridized carbons (Fsp3) is 0.296. The van der Waals surface area contributed by atoms with E-state index in [4.69, 9.17) is 19.0 Å². The minimum atomic E-state index is -0.627. The summed E-state index contributed by atoms with van der Waals surface area (Å²) in [6.07, 6.45) is 1.99. The molecule has 0 aliphatic carbocycles. The van der Waals surface area contributed by atoms with E-state index in [1.807, 2.05) is 89.3 Å². The Balaban J connectivity index is 1.46. The normalized spacial score (nSPS) is 16.6. The van der Waals surface area contributed by atoms with Gasteiger partial charge in [0.25, 0.3) is 0 Å². The Bertz CT molecular complexity index is 1400. The van der Waals surface area contributed by atoms with Crippen LogP contribution in [-0.4, -0.2) is 39.9 Å². The number of aromatic nitrogens is 2. The van der Waals surface area contributed by atoms with Crippen molar-refractivity contribution in [3.63, 3.8) is 0 Å². The van der Waals surface area contributed by atoms with Crippen LogP contribution in [0.4, 0.5) is 11.4 Å². The van der Waals surface area contributed by atoms with Gasteiger partial charge >= 0.3 is 7.12 Å². The fourth-order valence-corrected chi connectivity index (χ4v) is 4.27. The predicted octanol–water partition coefficient (Wildman–Crippen LogP) is 5.07. The van der Waals surface area contributed by atoms with Crippen LogP contribution in [0.3, 0.4) is 0 Å². The molecule has 3 heterocycles. The lowest BCUT2D eigenvalue weighted by Crippen LogP contribution is -2.41. The van der Waals surface area contributed by atoms with Gasteiger partial charge in [0.15, 0.2) is 5.65 Å². The highest BCUT2D eigenvalue weighted by molar-refractivity contribution is 6.63. The van der Waals surface area contributed by atoms with Crippen molar-refractivity contribution in [1.82, 2.24) is 9.38 Å². The van der Waals surface area contributed by atoms with Crippen molar-refractivity contribution < 1.29 is 19.2 Å². The number of anilines is 2. The summed E-state index contributed by atoms with van der Waals surface area (Å²) >= 11 is 0. The second-order valence-corrected chi connectivity index (χ2v) is 9.88. The van der Waals surface area contributed by atoms with Crippen molar-refractivity contribution in [2.75, 3.05) is 12.4 Å². The molecule has 2 aromatic heterocycles. The van der Waals surface area contributed by atoms with Gasteiger partial charge < -0.3 is 28.9 Å². The Morgan fingerprint density at radius 3 is 2.43 bits per heavy atom. The first-order chi connectivity index (χ1) is 16.6. The third kappa shape index (κ3) is 4.02. The van der Waals surface area contributed by atoms with Crippen LogP contribution in [0.2, 0.25) is 0 Å². The number of hydrogen-bond acceptors (Lipinski definition) is 6. The van der Waals surface area contributed by atoms with Crippen LogP contribution in [0, 0.1) is 6.92 Å². The number of phenols is 1. The molecule has 0 unspecified atom stereocenters. The molecule has 0 atom stereocenters. The number of methoxy groups -OCH3 is 1. The lowest BCUT2D eigenvalue weighted by Gasteiger charge is -2.32. The molecule has 35 heavy (non-hydrogen) atoms. The van der Waals surface area contributed by atoms with E-state index >= 15 is 0 Å². The number of hydrogen-bond donors (Lipinski definition) is 2. The van der Waals surface area contributed by atoms with Crippen LogP contribution in [0.15, 0.2) is 60.8 Å². The van der Waals surface area contributed by atoms with E-state index < -0.39 is 18.3 Å². The van der Waals surface area contributed by atoms with E-state index in [1.54, 1.807) is 13.2 Å². The topological polar surface area (TPSA) is 77.2 Å². The highest BCUT2D eigenvalue weighted by atomic mass is 16.7. The van der Waals surface area contributed by atoms with Crippen molar-refractivity contribution in [3.05, 3.63) is 66.5 Å². The summed E-state index contributed by atoms with van der Waals surface area (Å²) in [6.45, 7) is 10.0. The van der Waals surface area contributed by atoms with E-state index in [0.717, 1.165) is 39.7 Å². The predicted molar refractivity (Wildman–Crippen MR) is 139 cm³/mol. The van der Waals surface area contributed by atoms with Crippen LogP contribution in [0.5, 0.6) is 11.5 Å². The first-order valence-corrected chi connectivity index (χ1v) is 11.7. The molecule has 0 saturated carbocycles. The monoisotopic (exact) mass is 471 g/mol. The molecule has 1 aliphatic heterocycles. The number of aryl methyl sites for hydroxylation is 1. The summed E-state index contributed by atoms with van der Waals surface area (Å²) in [7, 11) is 1.03. The van der Waals surface area contributed by atoms with Crippen LogP contribution in [0.1, 0.15) is 33.4 Å². The highest BCUT2D eigenvalue weighted by Crippen LogP contribution is 2.37. The molecule has 4 aromatic rings. The van der Waals surface area contributed by atoms with Gasteiger partial charge in [0.05, 0.1) is 29.7 Å². The molecular formula is C27H30BN3O4. The second-order valence-electron chi connectivity index (χ2n) is 9.88. The SMILES string of the molecule is COc1cccc(-c2nc3c(Nc4ccc(B5OC(C)(C)C(C)(C)O5)c(O)c4)cccn3c2C)c1. The van der Waals surface area contributed by atoms with Gasteiger partial charge in [0.1, 0.15) is 11.5 Å². The number of ether oxygens (including phenoxy) is 1. The average Bonchev–Trinajstić information content (AvgIpc) is 3.26. The Morgan fingerprint density at radius 2 is 1.74 bits per heavy atom. The van der Waals surface area contributed by atoms with Crippen molar-refractivity contribution in [3.8, 4) is 22.8 Å². The van der Waals surface area contributed by atoms with Gasteiger partial charge in [-0.2, -0.15) is 0 Å². The number of aromatic hydroxyl groups is 1. The lowest BCUT2D eigenvalue weighted by molar-refractivity contribution is 0.00578. The molecule has 0 bridgehead atoms. The number of nitrogens with zero attached hydrogens (tertiary/aromatic N) is 2. The van der Waals surface area contributed by atoms with E-state index in [-0.39, 0.29) is 5.75 Å². The molecule has 0 amide bonds. The molecule has 0 radical (unpaired) electrons. The minimum Gasteiger partial charge on any atom is -0.508 e. The van der Waals surface area contributed by atoms with Crippen LogP contribution >= 0.6 is 0 Å². The molecule has 8 heteroatoms. The summed E-state index contributed by atoms with van der Waals surface area (Å²) in [5.41, 5.74) is 4.90. The summed E-state index contributed by atoms with van der Waals surface area (Å²) in [4.78, 5) is 4.93. The standard InChI is InChI=1S/C27H30BN3O4/c1-17-24(18-9-7-10-20(15-18)33-6)30-25-22(11-8-14-31(17)25)29-19-12-13-21(23(32)16-19)28-34-26(2,3)27(4,5)35-28/h7-16,29,32H,1-6H3. The van der Waals surface area contributed by atoms with Gasteiger partial charge in [-0.05, 0) is 65.0 Å². The Labute approximate surface area is 205 Å². The number of rotatable bonds is 5. The van der Waals surface area contributed by atoms with Gasteiger partial charge in [-0.15, -0.1) is 0 Å². The van der Waals surface area contributed by atoms with E-state index in [2.05, 4.69) is 9.72 Å². The molecule has 2 aromatic carbocycles. The number of nitrogens with one attached hydrogen (secondary N) is 1. The third-order valence-electron chi connectivity index (χ3n) is 7.05. The first kappa shape index (κ1) is 23.3. The molecule has 0 spiro atoms. The molecule has 2 N–H and O–H groups in total. The highest BCUT2D eigenvalue weighted by Gasteiger charge is 2.52. The fourth-order valence-electron chi connectivity index (χ4n) is 4.27. The summed E-state index contributed by atoms with van der Waals surface area (Å²) in [6, 6.07) is 17.2. The maximum Gasteiger partial charge on any atom is 0.498 e. The minimum absolute atomic E-state index is 0.108. The number of fused-ring (bicyclic) bond motifs is 1. The van der Waals surface area contributed by atoms with Crippen molar-refractivity contribution >= 4 is 29.6 Å². The second kappa shape index (κ2) is 8.32. The Kier molecular flexibility index (Phi) is 5.53. The number of imidazole rings is 1. The molecular weight excluding hydrogens is 441 g/mol. The zero-order chi connectivity index (χ0) is 25.0. The third-order valence-corrected chi connectivity index (χ3v) is 7.05. The molecule has 7 nitrogen and oxygen atoms in total. The average molecular weight is 471 g/mol. The van der Waals surface area contributed by atoms with E-state index in [1.165, 1.54) is 0 Å². The molecule has 1 fully saturated rings. The maximum absolute atomic E-state index is 10.8. The first-order valence-electron chi connectivity index (χ1n) is 11.7. The van der Waals surface area contributed by atoms with Crippen LogP contribution < -0.4 is 15.5 Å². The van der Waals surface area contributed by atoms with Gasteiger partial charge in [-0.3, -0.25) is 0 Å². The number of pyridine rings is 1. The zero-order valence-electron chi connectivity index (χ0n) is 20.9. The van der Waals surface area contributed by atoms with Gasteiger partial charge in [-0.25, -0.2) is 4.98 Å². The smallest absolute Gasteiger partial charge is 0.498 e. The van der Waals surface area contributed by atoms with Crippen LogP contribution in [-0.2, 0) is 9.31 Å². The van der Waals surface area contributed by atoms with Gasteiger partial charge in [0, 0.05) is 34.7 Å². The van der Waals surface area contributed by atoms with Crippen molar-refractivity contribution in [2.45, 2.75) is 45.8 Å². The van der Waals surface area contributed by atoms with Crippen molar-refractivity contribution in [1.29, 1.82) is 0 Å². The quantitative estimate of drug-likeness (QED) is 0.396. The molecule has 180 valence electrons. The van der Waals surface area contributed by atoms with E-state index in [9.17, 15) is 5.11 Å². The summed E-state index contributed by atoms with van der Waals surface area (Å²) < 4.78 is 19.6. The molecule has 1 aliphatic rings. The number of benzene rings is 2. The van der Waals surface area contributed by atoms with Crippen LogP contribution in [0.25, 0.3) is 16.9 Å². The van der Waals surface area contributed by atoms with Crippen molar-refractivity contribution in [2.24, 2.45) is 0 Å². The summed E-state index contributed by atoms with van der Waals surface area (Å²) in [5.74, 6) is 0.895. The largest absolute Gasteiger partial charge is 0.508 e. The van der Waals surface area contributed by atoms with E-state index in [0.29, 0.717) is 5.46 Å². The number of phenolic OH excluding ortho intramolecular Hbond substituents is 1. The molecule has 5 rings (SSSR count). The lowest BCUT2D eigenvalue weighted by atomic mass is 9.78. The molecule has 1 saturated heterocycles. The Hall–Kier alpha value is -3.49. The summed E-state index contributed by atoms with van der Waals surface area (Å²) in [5, 5.41) is 14.2.